The van der Waals surface area contributed by atoms with Gasteiger partial charge in [0.1, 0.15) is 11.5 Å². The molecule has 33 heavy (non-hydrogen) atoms. The van der Waals surface area contributed by atoms with Crippen LogP contribution >= 0.6 is 11.6 Å². The summed E-state index contributed by atoms with van der Waals surface area (Å²) in [5, 5.41) is 0.449. The number of benzene rings is 3. The SMILES string of the molecule is COc1ccccc1CN1Cc2cc(NS(=O)(=O)c3ccc(Cl)cc3)ccc2OC(C)C1=O. The van der Waals surface area contributed by atoms with E-state index < -0.39 is 16.1 Å². The summed E-state index contributed by atoms with van der Waals surface area (Å²) in [6.45, 7) is 2.29. The summed E-state index contributed by atoms with van der Waals surface area (Å²) in [6.07, 6.45) is -0.683. The molecule has 1 heterocycles. The normalized spacial score (nSPS) is 15.9. The molecule has 7 nitrogen and oxygen atoms in total. The highest BCUT2D eigenvalue weighted by atomic mass is 35.5. The molecule has 0 saturated carbocycles. The van der Waals surface area contributed by atoms with E-state index in [0.29, 0.717) is 34.3 Å². The lowest BCUT2D eigenvalue weighted by atomic mass is 10.1. The molecular formula is C24H23ClN2O5S. The van der Waals surface area contributed by atoms with Gasteiger partial charge < -0.3 is 14.4 Å². The Morgan fingerprint density at radius 1 is 1.12 bits per heavy atom. The maximum absolute atomic E-state index is 13.0. The van der Waals surface area contributed by atoms with Crippen molar-refractivity contribution in [3.05, 3.63) is 82.9 Å². The van der Waals surface area contributed by atoms with Gasteiger partial charge >= 0.3 is 0 Å². The van der Waals surface area contributed by atoms with E-state index in [1.807, 2.05) is 24.3 Å². The first-order valence-electron chi connectivity index (χ1n) is 10.3. The lowest BCUT2D eigenvalue weighted by Gasteiger charge is -2.23. The summed E-state index contributed by atoms with van der Waals surface area (Å²) in [5.74, 6) is 1.06. The molecule has 0 radical (unpaired) electrons. The molecule has 0 saturated heterocycles. The summed E-state index contributed by atoms with van der Waals surface area (Å²) in [7, 11) is -2.22. The zero-order chi connectivity index (χ0) is 23.6. The minimum atomic E-state index is -3.80. The number of rotatable bonds is 6. The van der Waals surface area contributed by atoms with Crippen LogP contribution < -0.4 is 14.2 Å². The molecule has 0 bridgehead atoms. The molecule has 172 valence electrons. The molecule has 0 spiro atoms. The molecule has 1 amide bonds. The number of methoxy groups -OCH3 is 1. The standard InChI is InChI=1S/C24H23ClN2O5S/c1-16-24(28)27(14-17-5-3-4-6-22(17)31-2)15-18-13-20(9-12-23(18)32-16)26-33(29,30)21-10-7-19(25)8-11-21/h3-13,16,26H,14-15H2,1-2H3. The topological polar surface area (TPSA) is 84.9 Å². The van der Waals surface area contributed by atoms with E-state index in [2.05, 4.69) is 4.72 Å². The summed E-state index contributed by atoms with van der Waals surface area (Å²) in [4.78, 5) is 14.8. The molecule has 1 aliphatic heterocycles. The van der Waals surface area contributed by atoms with Crippen molar-refractivity contribution in [3.8, 4) is 11.5 Å². The van der Waals surface area contributed by atoms with Crippen molar-refractivity contribution < 1.29 is 22.7 Å². The van der Waals surface area contributed by atoms with Gasteiger partial charge in [-0.1, -0.05) is 29.8 Å². The molecule has 1 unspecified atom stereocenters. The first kappa shape index (κ1) is 22.9. The number of amides is 1. The van der Waals surface area contributed by atoms with Crippen LogP contribution in [0.5, 0.6) is 11.5 Å². The highest BCUT2D eigenvalue weighted by Crippen LogP contribution is 2.31. The van der Waals surface area contributed by atoms with Gasteiger partial charge in [0.15, 0.2) is 6.10 Å². The molecule has 9 heteroatoms. The molecule has 0 aromatic heterocycles. The van der Waals surface area contributed by atoms with Gasteiger partial charge in [0.25, 0.3) is 15.9 Å². The number of anilines is 1. The summed E-state index contributed by atoms with van der Waals surface area (Å²) < 4.78 is 39.4. The first-order valence-corrected chi connectivity index (χ1v) is 12.1. The number of carbonyl (C=O) groups excluding carboxylic acids is 1. The number of sulfonamides is 1. The number of nitrogens with one attached hydrogen (secondary N) is 1. The average Bonchev–Trinajstić information content (AvgIpc) is 2.90. The van der Waals surface area contributed by atoms with E-state index in [1.165, 1.54) is 24.3 Å². The van der Waals surface area contributed by atoms with Crippen molar-refractivity contribution in [1.29, 1.82) is 0 Å². The quantitative estimate of drug-likeness (QED) is 0.556. The van der Waals surface area contributed by atoms with Crippen molar-refractivity contribution in [1.82, 2.24) is 4.90 Å². The molecule has 1 atom stereocenters. The largest absolute Gasteiger partial charge is 0.496 e. The van der Waals surface area contributed by atoms with E-state index in [1.54, 1.807) is 37.1 Å². The minimum absolute atomic E-state index is 0.0969. The molecule has 0 fully saturated rings. The smallest absolute Gasteiger partial charge is 0.263 e. The monoisotopic (exact) mass is 486 g/mol. The Bertz CT molecular complexity index is 1280. The van der Waals surface area contributed by atoms with Crippen LogP contribution in [-0.4, -0.2) is 32.4 Å². The van der Waals surface area contributed by atoms with Gasteiger partial charge in [-0.25, -0.2) is 8.42 Å². The molecule has 3 aromatic rings. The van der Waals surface area contributed by atoms with E-state index >= 15 is 0 Å². The Morgan fingerprint density at radius 3 is 2.58 bits per heavy atom. The molecular weight excluding hydrogens is 464 g/mol. The number of halogens is 1. The predicted octanol–water partition coefficient (Wildman–Crippen LogP) is 4.46. The highest BCUT2D eigenvalue weighted by molar-refractivity contribution is 7.92. The van der Waals surface area contributed by atoms with Crippen molar-refractivity contribution in [2.75, 3.05) is 11.8 Å². The number of hydrogen-bond donors (Lipinski definition) is 1. The second-order valence-corrected chi connectivity index (χ2v) is 9.77. The molecule has 0 aliphatic carbocycles. The van der Waals surface area contributed by atoms with Crippen LogP contribution in [-0.2, 0) is 27.9 Å². The lowest BCUT2D eigenvalue weighted by molar-refractivity contribution is -0.138. The fourth-order valence-electron chi connectivity index (χ4n) is 3.66. The van der Waals surface area contributed by atoms with Gasteiger partial charge in [0.2, 0.25) is 0 Å². The number of hydrogen-bond acceptors (Lipinski definition) is 5. The molecule has 1 aliphatic rings. The van der Waals surface area contributed by atoms with Gasteiger partial charge in [0, 0.05) is 34.9 Å². The van der Waals surface area contributed by atoms with Crippen LogP contribution in [0.1, 0.15) is 18.1 Å². The van der Waals surface area contributed by atoms with Crippen LogP contribution in [0.2, 0.25) is 5.02 Å². The van der Waals surface area contributed by atoms with Gasteiger partial charge in [-0.05, 0) is 55.5 Å². The van der Waals surface area contributed by atoms with Crippen molar-refractivity contribution in [2.45, 2.75) is 31.0 Å². The first-order chi connectivity index (χ1) is 15.8. The average molecular weight is 487 g/mol. The Balaban J connectivity index is 1.61. The number of para-hydroxylation sites is 1. The van der Waals surface area contributed by atoms with E-state index in [0.717, 1.165) is 5.56 Å². The molecule has 4 rings (SSSR count). The zero-order valence-corrected chi connectivity index (χ0v) is 19.7. The maximum atomic E-state index is 13.0. The van der Waals surface area contributed by atoms with Gasteiger partial charge in [-0.2, -0.15) is 0 Å². The summed E-state index contributed by atoms with van der Waals surface area (Å²) in [5.41, 5.74) is 1.93. The highest BCUT2D eigenvalue weighted by Gasteiger charge is 2.29. The summed E-state index contributed by atoms with van der Waals surface area (Å²) in [6, 6.07) is 18.4. The molecule has 1 N–H and O–H groups in total. The van der Waals surface area contributed by atoms with Crippen molar-refractivity contribution >= 4 is 33.2 Å². The Labute approximate surface area is 197 Å². The Kier molecular flexibility index (Phi) is 6.49. The van der Waals surface area contributed by atoms with Crippen LogP contribution in [0.3, 0.4) is 0 Å². The van der Waals surface area contributed by atoms with Crippen molar-refractivity contribution in [2.24, 2.45) is 0 Å². The lowest BCUT2D eigenvalue weighted by Crippen LogP contribution is -2.37. The van der Waals surface area contributed by atoms with E-state index in [4.69, 9.17) is 21.1 Å². The van der Waals surface area contributed by atoms with E-state index in [-0.39, 0.29) is 17.3 Å². The predicted molar refractivity (Wildman–Crippen MR) is 126 cm³/mol. The second-order valence-electron chi connectivity index (χ2n) is 7.65. The Hall–Kier alpha value is -3.23. The van der Waals surface area contributed by atoms with Crippen LogP contribution in [0.15, 0.2) is 71.6 Å². The van der Waals surface area contributed by atoms with Gasteiger partial charge in [-0.15, -0.1) is 0 Å². The Morgan fingerprint density at radius 2 is 1.85 bits per heavy atom. The third-order valence-electron chi connectivity index (χ3n) is 5.31. The zero-order valence-electron chi connectivity index (χ0n) is 18.1. The second kappa shape index (κ2) is 9.33. The maximum Gasteiger partial charge on any atom is 0.263 e. The van der Waals surface area contributed by atoms with E-state index in [9.17, 15) is 13.2 Å². The third kappa shape index (κ3) is 5.07. The molecule has 3 aromatic carbocycles. The van der Waals surface area contributed by atoms with Gasteiger partial charge in [-0.3, -0.25) is 9.52 Å². The summed E-state index contributed by atoms with van der Waals surface area (Å²) >= 11 is 5.86. The third-order valence-corrected chi connectivity index (χ3v) is 6.96. The van der Waals surface area contributed by atoms with Crippen molar-refractivity contribution in [3.63, 3.8) is 0 Å². The minimum Gasteiger partial charge on any atom is -0.496 e. The number of carbonyl (C=O) groups is 1. The number of nitrogens with zero attached hydrogens (tertiary/aromatic N) is 1. The number of ether oxygens (including phenoxy) is 2. The fourth-order valence-corrected chi connectivity index (χ4v) is 4.84. The van der Waals surface area contributed by atoms with Gasteiger partial charge in [0.05, 0.1) is 12.0 Å². The van der Waals surface area contributed by atoms with Crippen LogP contribution in [0.4, 0.5) is 5.69 Å². The number of fused-ring (bicyclic) bond motifs is 1. The fraction of sp³-hybridized carbons (Fsp3) is 0.208. The van der Waals surface area contributed by atoms with Crippen LogP contribution in [0.25, 0.3) is 0 Å². The van der Waals surface area contributed by atoms with Crippen LogP contribution in [0, 0.1) is 0 Å².